The van der Waals surface area contributed by atoms with Gasteiger partial charge in [-0.15, -0.1) is 0 Å². The first-order valence-electron chi connectivity index (χ1n) is 8.92. The maximum absolute atomic E-state index is 12.2. The lowest BCUT2D eigenvalue weighted by atomic mass is 10.2. The molecule has 0 spiro atoms. The molecule has 0 aliphatic rings. The molecule has 4 aromatic rings. The lowest BCUT2D eigenvalue weighted by Crippen LogP contribution is -2.43. The summed E-state index contributed by atoms with van der Waals surface area (Å²) in [5.74, 6) is -0.311. The summed E-state index contributed by atoms with van der Waals surface area (Å²) < 4.78 is 1.96. The van der Waals surface area contributed by atoms with E-state index in [0.29, 0.717) is 5.16 Å². The highest BCUT2D eigenvalue weighted by atomic mass is 32.2. The van der Waals surface area contributed by atoms with Gasteiger partial charge in [-0.3, -0.25) is 14.5 Å². The fraction of sp³-hybridized carbons (Fsp3) is 0.200. The van der Waals surface area contributed by atoms with Crippen LogP contribution in [0.15, 0.2) is 53.7 Å². The molecular weight excluding hydrogens is 374 g/mol. The fourth-order valence-corrected chi connectivity index (χ4v) is 3.81. The number of aromatic nitrogens is 3. The van der Waals surface area contributed by atoms with E-state index in [0.717, 1.165) is 27.6 Å². The number of amides is 3. The van der Waals surface area contributed by atoms with Gasteiger partial charge in [-0.25, -0.2) is 14.8 Å². The van der Waals surface area contributed by atoms with E-state index in [2.05, 4.69) is 10.6 Å². The topological polar surface area (TPSA) is 88.4 Å². The van der Waals surface area contributed by atoms with Crippen LogP contribution in [0, 0.1) is 0 Å². The maximum Gasteiger partial charge on any atom is 0.321 e. The molecule has 142 valence electrons. The number of hydrogen-bond donors (Lipinski definition) is 2. The predicted molar refractivity (Wildman–Crippen MR) is 111 cm³/mol. The Bertz CT molecular complexity index is 1200. The van der Waals surface area contributed by atoms with Crippen LogP contribution in [-0.2, 0) is 4.79 Å². The third-order valence-electron chi connectivity index (χ3n) is 4.12. The van der Waals surface area contributed by atoms with Gasteiger partial charge in [0.15, 0.2) is 5.16 Å². The molecule has 0 bridgehead atoms. The smallest absolute Gasteiger partial charge is 0.321 e. The van der Waals surface area contributed by atoms with E-state index >= 15 is 0 Å². The van der Waals surface area contributed by atoms with Crippen LogP contribution in [-0.4, -0.2) is 38.1 Å². The highest BCUT2D eigenvalue weighted by Crippen LogP contribution is 2.28. The minimum atomic E-state index is -0.495. The summed E-state index contributed by atoms with van der Waals surface area (Å²) in [6.07, 6.45) is 0. The lowest BCUT2D eigenvalue weighted by molar-refractivity contribution is -0.117. The molecule has 2 N–H and O–H groups in total. The molecule has 0 unspecified atom stereocenters. The molecule has 2 aromatic carbocycles. The Labute approximate surface area is 165 Å². The van der Waals surface area contributed by atoms with Gasteiger partial charge in [0.2, 0.25) is 5.91 Å². The van der Waals surface area contributed by atoms with Crippen molar-refractivity contribution in [3.8, 4) is 0 Å². The summed E-state index contributed by atoms with van der Waals surface area (Å²) in [5.41, 5.74) is 3.40. The van der Waals surface area contributed by atoms with Crippen molar-refractivity contribution >= 4 is 51.3 Å². The molecule has 8 heteroatoms. The first kappa shape index (κ1) is 18.2. The van der Waals surface area contributed by atoms with Gasteiger partial charge in [0.25, 0.3) is 0 Å². The lowest BCUT2D eigenvalue weighted by Gasteiger charge is -2.10. The SMILES string of the molecule is CC(C)NC(=O)NC(=O)CSc1nc2ccccc2c2nc3ccccc3n12. The van der Waals surface area contributed by atoms with Crippen LogP contribution in [0.1, 0.15) is 13.8 Å². The van der Waals surface area contributed by atoms with Crippen molar-refractivity contribution in [2.75, 3.05) is 5.75 Å². The molecule has 0 saturated heterocycles. The first-order valence-corrected chi connectivity index (χ1v) is 9.90. The Morgan fingerprint density at radius 2 is 1.75 bits per heavy atom. The van der Waals surface area contributed by atoms with Crippen molar-refractivity contribution in [1.82, 2.24) is 25.0 Å². The quantitative estimate of drug-likeness (QED) is 0.410. The van der Waals surface area contributed by atoms with Crippen molar-refractivity contribution < 1.29 is 9.59 Å². The molecule has 0 aliphatic carbocycles. The Kier molecular flexibility index (Phi) is 4.87. The number of urea groups is 1. The molecule has 4 rings (SSSR count). The molecule has 2 aromatic heterocycles. The number of hydrogen-bond acceptors (Lipinski definition) is 5. The Balaban J connectivity index is 1.69. The van der Waals surface area contributed by atoms with Crippen LogP contribution in [0.3, 0.4) is 0 Å². The Morgan fingerprint density at radius 3 is 2.54 bits per heavy atom. The zero-order chi connectivity index (χ0) is 19.7. The van der Waals surface area contributed by atoms with Crippen LogP contribution in [0.25, 0.3) is 27.6 Å². The summed E-state index contributed by atoms with van der Waals surface area (Å²) in [7, 11) is 0. The maximum atomic E-state index is 12.2. The predicted octanol–water partition coefficient (Wildman–Crippen LogP) is 3.36. The second kappa shape index (κ2) is 7.47. The monoisotopic (exact) mass is 393 g/mol. The highest BCUT2D eigenvalue weighted by Gasteiger charge is 2.16. The van der Waals surface area contributed by atoms with E-state index in [1.54, 1.807) is 0 Å². The molecule has 0 aliphatic heterocycles. The van der Waals surface area contributed by atoms with Crippen molar-refractivity contribution in [3.63, 3.8) is 0 Å². The van der Waals surface area contributed by atoms with Gasteiger partial charge in [-0.1, -0.05) is 36.0 Å². The second-order valence-corrected chi connectivity index (χ2v) is 7.58. The third kappa shape index (κ3) is 3.50. The van der Waals surface area contributed by atoms with Crippen molar-refractivity contribution in [2.45, 2.75) is 25.0 Å². The largest absolute Gasteiger partial charge is 0.336 e. The standard InChI is InChI=1S/C20H19N5O2S/c1-12(2)21-19(27)24-17(26)11-28-20-23-14-8-4-3-7-13(14)18-22-15-9-5-6-10-16(15)25(18)20/h3-10,12H,11H2,1-2H3,(H2,21,24,26,27). The molecule has 0 atom stereocenters. The number of benzene rings is 2. The molecule has 0 radical (unpaired) electrons. The van der Waals surface area contributed by atoms with E-state index < -0.39 is 6.03 Å². The summed E-state index contributed by atoms with van der Waals surface area (Å²) >= 11 is 1.27. The normalized spacial score (nSPS) is 11.4. The Hall–Kier alpha value is -3.13. The average molecular weight is 393 g/mol. The van der Waals surface area contributed by atoms with Crippen molar-refractivity contribution in [1.29, 1.82) is 0 Å². The van der Waals surface area contributed by atoms with Crippen LogP contribution < -0.4 is 10.6 Å². The van der Waals surface area contributed by atoms with Crippen molar-refractivity contribution in [3.05, 3.63) is 48.5 Å². The fourth-order valence-electron chi connectivity index (χ4n) is 3.00. The number of imide groups is 1. The first-order chi connectivity index (χ1) is 13.5. The van der Waals surface area contributed by atoms with Crippen LogP contribution >= 0.6 is 11.8 Å². The van der Waals surface area contributed by atoms with Gasteiger partial charge < -0.3 is 5.32 Å². The summed E-state index contributed by atoms with van der Waals surface area (Å²) in [6, 6.07) is 15.1. The summed E-state index contributed by atoms with van der Waals surface area (Å²) in [4.78, 5) is 33.4. The number of rotatable bonds is 4. The second-order valence-electron chi connectivity index (χ2n) is 6.64. The zero-order valence-electron chi connectivity index (χ0n) is 15.5. The van der Waals surface area contributed by atoms with Gasteiger partial charge in [-0.05, 0) is 38.1 Å². The van der Waals surface area contributed by atoms with Gasteiger partial charge in [0.05, 0.1) is 22.3 Å². The molecule has 7 nitrogen and oxygen atoms in total. The zero-order valence-corrected chi connectivity index (χ0v) is 16.3. The number of carbonyl (C=O) groups is 2. The number of fused-ring (bicyclic) bond motifs is 5. The van der Waals surface area contributed by atoms with E-state index in [-0.39, 0.29) is 17.7 Å². The number of carbonyl (C=O) groups excluding carboxylic acids is 2. The number of imidazole rings is 1. The van der Waals surface area contributed by atoms with Gasteiger partial charge >= 0.3 is 6.03 Å². The van der Waals surface area contributed by atoms with Crippen LogP contribution in [0.5, 0.6) is 0 Å². The molecule has 2 heterocycles. The summed E-state index contributed by atoms with van der Waals surface area (Å²) in [6.45, 7) is 3.66. The highest BCUT2D eigenvalue weighted by molar-refractivity contribution is 7.99. The number of thioether (sulfide) groups is 1. The summed E-state index contributed by atoms with van der Waals surface area (Å²) in [5, 5.41) is 6.57. The van der Waals surface area contributed by atoms with Crippen LogP contribution in [0.2, 0.25) is 0 Å². The van der Waals surface area contributed by atoms with Crippen molar-refractivity contribution in [2.24, 2.45) is 0 Å². The minimum absolute atomic E-state index is 0.0421. The van der Waals surface area contributed by atoms with E-state index in [1.165, 1.54) is 11.8 Å². The average Bonchev–Trinajstić information content (AvgIpc) is 3.05. The molecule has 0 fully saturated rings. The van der Waals surface area contributed by atoms with Gasteiger partial charge in [0, 0.05) is 11.4 Å². The molecular formula is C20H19N5O2S. The van der Waals surface area contributed by atoms with E-state index in [9.17, 15) is 9.59 Å². The molecule has 28 heavy (non-hydrogen) atoms. The van der Waals surface area contributed by atoms with E-state index in [4.69, 9.17) is 9.97 Å². The number of nitrogens with zero attached hydrogens (tertiary/aromatic N) is 3. The third-order valence-corrected chi connectivity index (χ3v) is 5.06. The number of para-hydroxylation sites is 3. The van der Waals surface area contributed by atoms with Gasteiger partial charge in [0.1, 0.15) is 5.65 Å². The molecule has 0 saturated carbocycles. The number of nitrogens with one attached hydrogen (secondary N) is 2. The molecule has 3 amide bonds. The Morgan fingerprint density at radius 1 is 1.04 bits per heavy atom. The van der Waals surface area contributed by atoms with E-state index in [1.807, 2.05) is 66.8 Å². The van der Waals surface area contributed by atoms with Gasteiger partial charge in [-0.2, -0.15) is 0 Å². The van der Waals surface area contributed by atoms with Crippen LogP contribution in [0.4, 0.5) is 4.79 Å². The minimum Gasteiger partial charge on any atom is -0.336 e.